The standard InChI is InChI=1S/C15H20ClNO5/c1-8(2)17-14(18)9(3)22-15(19)10-6-11(16)13(21-5)12(7-10)20-4/h6-9H,1-5H3,(H,17,18). The van der Waals surface area contributed by atoms with E-state index in [2.05, 4.69) is 5.32 Å². The molecule has 0 spiro atoms. The lowest BCUT2D eigenvalue weighted by Gasteiger charge is -2.16. The van der Waals surface area contributed by atoms with Crippen molar-refractivity contribution in [3.8, 4) is 11.5 Å². The first-order valence-corrected chi connectivity index (χ1v) is 7.10. The van der Waals surface area contributed by atoms with Gasteiger partial charge in [0.2, 0.25) is 0 Å². The number of amides is 1. The van der Waals surface area contributed by atoms with Gasteiger partial charge in [-0.05, 0) is 32.9 Å². The molecule has 0 bridgehead atoms. The third kappa shape index (κ3) is 4.53. The Morgan fingerprint density at radius 3 is 2.27 bits per heavy atom. The van der Waals surface area contributed by atoms with Gasteiger partial charge in [0.05, 0.1) is 24.8 Å². The topological polar surface area (TPSA) is 73.9 Å². The minimum atomic E-state index is -0.915. The maximum absolute atomic E-state index is 12.1. The van der Waals surface area contributed by atoms with Crippen molar-refractivity contribution >= 4 is 23.5 Å². The second-order valence-corrected chi connectivity index (χ2v) is 5.31. The van der Waals surface area contributed by atoms with Gasteiger partial charge in [0.25, 0.3) is 5.91 Å². The van der Waals surface area contributed by atoms with Crippen molar-refractivity contribution in [2.45, 2.75) is 32.9 Å². The molecule has 0 heterocycles. The summed E-state index contributed by atoms with van der Waals surface area (Å²) in [5.74, 6) is -0.406. The molecule has 1 amide bonds. The predicted molar refractivity (Wildman–Crippen MR) is 82.7 cm³/mol. The lowest BCUT2D eigenvalue weighted by Crippen LogP contribution is -2.39. The lowest BCUT2D eigenvalue weighted by molar-refractivity contribution is -0.129. The zero-order valence-corrected chi connectivity index (χ0v) is 14.0. The number of methoxy groups -OCH3 is 2. The molecule has 1 unspecified atom stereocenters. The van der Waals surface area contributed by atoms with E-state index < -0.39 is 12.1 Å². The normalized spacial score (nSPS) is 11.8. The van der Waals surface area contributed by atoms with Crippen LogP contribution in [-0.2, 0) is 9.53 Å². The summed E-state index contributed by atoms with van der Waals surface area (Å²) in [5, 5.41) is 2.88. The van der Waals surface area contributed by atoms with Crippen LogP contribution in [0, 0.1) is 0 Å². The van der Waals surface area contributed by atoms with E-state index in [1.807, 2.05) is 13.8 Å². The van der Waals surface area contributed by atoms with Crippen molar-refractivity contribution in [1.82, 2.24) is 5.32 Å². The zero-order valence-electron chi connectivity index (χ0n) is 13.2. The molecule has 0 aromatic heterocycles. The van der Waals surface area contributed by atoms with Gasteiger partial charge in [0, 0.05) is 6.04 Å². The Balaban J connectivity index is 2.90. The molecule has 6 nitrogen and oxygen atoms in total. The zero-order chi connectivity index (χ0) is 16.9. The van der Waals surface area contributed by atoms with Crippen molar-refractivity contribution in [1.29, 1.82) is 0 Å². The van der Waals surface area contributed by atoms with Gasteiger partial charge in [-0.2, -0.15) is 0 Å². The first kappa shape index (κ1) is 18.1. The van der Waals surface area contributed by atoms with Gasteiger partial charge in [-0.25, -0.2) is 4.79 Å². The van der Waals surface area contributed by atoms with Gasteiger partial charge >= 0.3 is 5.97 Å². The van der Waals surface area contributed by atoms with E-state index in [1.165, 1.54) is 33.3 Å². The van der Waals surface area contributed by atoms with Crippen molar-refractivity contribution in [3.63, 3.8) is 0 Å². The highest BCUT2D eigenvalue weighted by Crippen LogP contribution is 2.36. The van der Waals surface area contributed by atoms with Crippen LogP contribution in [0.4, 0.5) is 0 Å². The largest absolute Gasteiger partial charge is 0.493 e. The molecule has 1 aromatic rings. The van der Waals surface area contributed by atoms with Crippen molar-refractivity contribution in [2.24, 2.45) is 0 Å². The van der Waals surface area contributed by atoms with E-state index in [0.717, 1.165) is 0 Å². The average Bonchev–Trinajstić information content (AvgIpc) is 2.45. The molecule has 22 heavy (non-hydrogen) atoms. The number of halogens is 1. The van der Waals surface area contributed by atoms with E-state index in [9.17, 15) is 9.59 Å². The number of nitrogens with one attached hydrogen (secondary N) is 1. The summed E-state index contributed by atoms with van der Waals surface area (Å²) in [4.78, 5) is 23.9. The quantitative estimate of drug-likeness (QED) is 0.811. The molecule has 0 aliphatic carbocycles. The third-order valence-corrected chi connectivity index (χ3v) is 3.03. The minimum absolute atomic E-state index is 0.0378. The van der Waals surface area contributed by atoms with E-state index in [-0.39, 0.29) is 22.5 Å². The molecule has 0 radical (unpaired) electrons. The summed E-state index contributed by atoms with van der Waals surface area (Å²) in [6, 6.07) is 2.81. The van der Waals surface area contributed by atoms with Crippen molar-refractivity contribution < 1.29 is 23.8 Å². The number of carbonyl (C=O) groups excluding carboxylic acids is 2. The maximum atomic E-state index is 12.1. The fourth-order valence-electron chi connectivity index (χ4n) is 1.72. The van der Waals surface area contributed by atoms with Gasteiger partial charge in [-0.3, -0.25) is 4.79 Å². The van der Waals surface area contributed by atoms with Crippen LogP contribution in [0.3, 0.4) is 0 Å². The molecule has 122 valence electrons. The predicted octanol–water partition coefficient (Wildman–Crippen LogP) is 2.43. The van der Waals surface area contributed by atoms with E-state index in [4.69, 9.17) is 25.8 Å². The average molecular weight is 330 g/mol. The van der Waals surface area contributed by atoms with Crippen LogP contribution in [0.25, 0.3) is 0 Å². The van der Waals surface area contributed by atoms with Crippen molar-refractivity contribution in [2.75, 3.05) is 14.2 Å². The molecule has 1 atom stereocenters. The number of esters is 1. The molecule has 7 heteroatoms. The number of hydrogen-bond donors (Lipinski definition) is 1. The van der Waals surface area contributed by atoms with Gasteiger partial charge in [-0.15, -0.1) is 0 Å². The highest BCUT2D eigenvalue weighted by molar-refractivity contribution is 6.32. The molecular weight excluding hydrogens is 310 g/mol. The number of ether oxygens (including phenoxy) is 3. The van der Waals surface area contributed by atoms with Crippen LogP contribution >= 0.6 is 11.6 Å². The Hall–Kier alpha value is -1.95. The smallest absolute Gasteiger partial charge is 0.339 e. The second kappa shape index (κ2) is 7.89. The van der Waals surface area contributed by atoms with Crippen LogP contribution in [0.1, 0.15) is 31.1 Å². The third-order valence-electron chi connectivity index (χ3n) is 2.75. The Labute approximate surface area is 134 Å². The lowest BCUT2D eigenvalue weighted by atomic mass is 10.2. The fraction of sp³-hybridized carbons (Fsp3) is 0.467. The molecule has 1 rings (SSSR count). The summed E-state index contributed by atoms with van der Waals surface area (Å²) in [6.07, 6.45) is -0.915. The van der Waals surface area contributed by atoms with E-state index in [1.54, 1.807) is 0 Å². The van der Waals surface area contributed by atoms with Gasteiger partial charge in [0.15, 0.2) is 17.6 Å². The Bertz CT molecular complexity index is 559. The molecular formula is C15H20ClNO5. The maximum Gasteiger partial charge on any atom is 0.339 e. The highest BCUT2D eigenvalue weighted by Gasteiger charge is 2.21. The van der Waals surface area contributed by atoms with E-state index >= 15 is 0 Å². The molecule has 0 saturated carbocycles. The summed E-state index contributed by atoms with van der Waals surface area (Å²) in [5.41, 5.74) is 0.173. The first-order valence-electron chi connectivity index (χ1n) is 6.73. The van der Waals surface area contributed by atoms with Crippen LogP contribution in [0.15, 0.2) is 12.1 Å². The Kier molecular flexibility index (Phi) is 6.49. The monoisotopic (exact) mass is 329 g/mol. The number of rotatable bonds is 6. The van der Waals surface area contributed by atoms with Gasteiger partial charge in [-0.1, -0.05) is 11.6 Å². The fourth-order valence-corrected chi connectivity index (χ4v) is 2.01. The summed E-state index contributed by atoms with van der Waals surface area (Å²) >= 11 is 6.03. The first-order chi connectivity index (χ1) is 10.3. The van der Waals surface area contributed by atoms with E-state index in [0.29, 0.717) is 11.5 Å². The molecule has 0 saturated heterocycles. The second-order valence-electron chi connectivity index (χ2n) is 4.90. The van der Waals surface area contributed by atoms with Crippen molar-refractivity contribution in [3.05, 3.63) is 22.7 Å². The number of carbonyl (C=O) groups is 2. The van der Waals surface area contributed by atoms with Crippen LogP contribution in [0.2, 0.25) is 5.02 Å². The summed E-state index contributed by atoms with van der Waals surface area (Å²) in [7, 11) is 2.88. The summed E-state index contributed by atoms with van der Waals surface area (Å²) in [6.45, 7) is 5.14. The van der Waals surface area contributed by atoms with Gasteiger partial charge < -0.3 is 19.5 Å². The minimum Gasteiger partial charge on any atom is -0.493 e. The van der Waals surface area contributed by atoms with Crippen LogP contribution < -0.4 is 14.8 Å². The van der Waals surface area contributed by atoms with Crippen LogP contribution in [0.5, 0.6) is 11.5 Å². The molecule has 0 fully saturated rings. The van der Waals surface area contributed by atoms with Gasteiger partial charge in [0.1, 0.15) is 0 Å². The SMILES string of the molecule is COc1cc(C(=O)OC(C)C(=O)NC(C)C)cc(Cl)c1OC. The Morgan fingerprint density at radius 2 is 1.77 bits per heavy atom. The molecule has 0 aliphatic rings. The molecule has 1 N–H and O–H groups in total. The molecule has 1 aromatic carbocycles. The summed E-state index contributed by atoms with van der Waals surface area (Å²) < 4.78 is 15.3. The van der Waals surface area contributed by atoms with Crippen LogP contribution in [-0.4, -0.2) is 38.2 Å². The Morgan fingerprint density at radius 1 is 1.14 bits per heavy atom. The molecule has 0 aliphatic heterocycles. The highest BCUT2D eigenvalue weighted by atomic mass is 35.5. The number of hydrogen-bond acceptors (Lipinski definition) is 5. The number of benzene rings is 1.